The van der Waals surface area contributed by atoms with E-state index in [2.05, 4.69) is 5.32 Å². The lowest BCUT2D eigenvalue weighted by Gasteiger charge is -2.27. The molecule has 5 heteroatoms. The van der Waals surface area contributed by atoms with Crippen LogP contribution in [0, 0.1) is 0 Å². The molecule has 0 spiro atoms. The summed E-state index contributed by atoms with van der Waals surface area (Å²) >= 11 is 0. The topological polar surface area (TPSA) is 64.6 Å². The van der Waals surface area contributed by atoms with Crippen molar-refractivity contribution in [1.82, 2.24) is 0 Å². The van der Waals surface area contributed by atoms with E-state index in [-0.39, 0.29) is 18.0 Å². The zero-order chi connectivity index (χ0) is 20.4. The number of anilines is 1. The van der Waals surface area contributed by atoms with Gasteiger partial charge in [-0.3, -0.25) is 4.79 Å². The highest BCUT2D eigenvalue weighted by atomic mass is 16.5. The van der Waals surface area contributed by atoms with Crippen LogP contribution in [0.1, 0.15) is 41.3 Å². The van der Waals surface area contributed by atoms with Crippen molar-refractivity contribution in [2.24, 2.45) is 0 Å². The highest BCUT2D eigenvalue weighted by Crippen LogP contribution is 2.44. The fourth-order valence-corrected chi connectivity index (χ4v) is 3.38. The second-order valence-electron chi connectivity index (χ2n) is 7.13. The fourth-order valence-electron chi connectivity index (χ4n) is 3.38. The van der Waals surface area contributed by atoms with Crippen LogP contribution < -0.4 is 10.1 Å². The van der Waals surface area contributed by atoms with Gasteiger partial charge >= 0.3 is 5.97 Å². The molecule has 1 aliphatic rings. The molecule has 3 aromatic carbocycles. The third-order valence-electron chi connectivity index (χ3n) is 4.67. The molecule has 1 aliphatic heterocycles. The first-order valence-electron chi connectivity index (χ1n) is 9.50. The molecule has 0 bridgehead atoms. The van der Waals surface area contributed by atoms with Crippen LogP contribution in [0.15, 0.2) is 72.8 Å². The number of ether oxygens (including phenoxy) is 2. The van der Waals surface area contributed by atoms with Gasteiger partial charge in [0.15, 0.2) is 0 Å². The number of benzene rings is 3. The lowest BCUT2D eigenvalue weighted by Crippen LogP contribution is -2.25. The van der Waals surface area contributed by atoms with Gasteiger partial charge < -0.3 is 14.8 Å². The molecule has 29 heavy (non-hydrogen) atoms. The number of nitrogens with one attached hydrogen (secondary N) is 1. The normalized spacial score (nSPS) is 12.5. The number of para-hydroxylation sites is 2. The van der Waals surface area contributed by atoms with Crippen LogP contribution in [0.5, 0.6) is 11.5 Å². The van der Waals surface area contributed by atoms with E-state index in [1.807, 2.05) is 48.5 Å². The van der Waals surface area contributed by atoms with Crippen LogP contribution in [0.2, 0.25) is 0 Å². The average molecular weight is 387 g/mol. The summed E-state index contributed by atoms with van der Waals surface area (Å²) in [6.45, 7) is 3.60. The Morgan fingerprint density at radius 2 is 1.41 bits per heavy atom. The minimum Gasteiger partial charge on any atom is -0.459 e. The zero-order valence-electron chi connectivity index (χ0n) is 16.2. The SMILES string of the molecule is CC(C)OC(=O)c1ccc(NC(=O)C2c3ccccc3Oc3ccccc32)cc1. The molecule has 0 unspecified atom stereocenters. The molecular weight excluding hydrogens is 366 g/mol. The molecule has 0 saturated heterocycles. The molecule has 0 saturated carbocycles. The van der Waals surface area contributed by atoms with Gasteiger partial charge in [-0.2, -0.15) is 0 Å². The van der Waals surface area contributed by atoms with Crippen LogP contribution in [-0.2, 0) is 9.53 Å². The van der Waals surface area contributed by atoms with Crippen LogP contribution >= 0.6 is 0 Å². The van der Waals surface area contributed by atoms with E-state index in [1.165, 1.54) is 0 Å². The van der Waals surface area contributed by atoms with Crippen molar-refractivity contribution in [3.63, 3.8) is 0 Å². The van der Waals surface area contributed by atoms with Gasteiger partial charge in [0.2, 0.25) is 5.91 Å². The Morgan fingerprint density at radius 3 is 1.97 bits per heavy atom. The zero-order valence-corrected chi connectivity index (χ0v) is 16.2. The monoisotopic (exact) mass is 387 g/mol. The minimum atomic E-state index is -0.485. The molecule has 4 rings (SSSR count). The summed E-state index contributed by atoms with van der Waals surface area (Å²) in [5.74, 6) is 0.328. The van der Waals surface area contributed by atoms with Crippen molar-refractivity contribution < 1.29 is 19.1 Å². The maximum Gasteiger partial charge on any atom is 0.338 e. The summed E-state index contributed by atoms with van der Waals surface area (Å²) in [5.41, 5.74) is 2.69. The van der Waals surface area contributed by atoms with E-state index in [1.54, 1.807) is 38.1 Å². The Morgan fingerprint density at radius 1 is 0.862 bits per heavy atom. The van der Waals surface area contributed by atoms with Gasteiger partial charge in [0.1, 0.15) is 11.5 Å². The van der Waals surface area contributed by atoms with Gasteiger partial charge in [-0.1, -0.05) is 36.4 Å². The van der Waals surface area contributed by atoms with Crippen molar-refractivity contribution in [3.8, 4) is 11.5 Å². The average Bonchev–Trinajstić information content (AvgIpc) is 2.71. The third kappa shape index (κ3) is 3.85. The predicted molar refractivity (Wildman–Crippen MR) is 110 cm³/mol. The van der Waals surface area contributed by atoms with Gasteiger partial charge in [0.05, 0.1) is 17.6 Å². The summed E-state index contributed by atoms with van der Waals surface area (Å²) in [4.78, 5) is 25.2. The number of carbonyl (C=O) groups excluding carboxylic acids is 2. The maximum absolute atomic E-state index is 13.2. The second kappa shape index (κ2) is 7.80. The van der Waals surface area contributed by atoms with Gasteiger partial charge in [0, 0.05) is 16.8 Å². The van der Waals surface area contributed by atoms with Crippen LogP contribution in [0.4, 0.5) is 5.69 Å². The molecule has 0 fully saturated rings. The molecule has 146 valence electrons. The molecule has 0 radical (unpaired) electrons. The molecule has 0 aliphatic carbocycles. The lowest BCUT2D eigenvalue weighted by atomic mass is 9.87. The highest BCUT2D eigenvalue weighted by molar-refractivity contribution is 6.00. The van der Waals surface area contributed by atoms with Crippen molar-refractivity contribution in [1.29, 1.82) is 0 Å². The van der Waals surface area contributed by atoms with Gasteiger partial charge in [0.25, 0.3) is 0 Å². The smallest absolute Gasteiger partial charge is 0.338 e. The van der Waals surface area contributed by atoms with E-state index < -0.39 is 5.92 Å². The second-order valence-corrected chi connectivity index (χ2v) is 7.13. The van der Waals surface area contributed by atoms with Gasteiger partial charge in [-0.15, -0.1) is 0 Å². The number of fused-ring (bicyclic) bond motifs is 2. The van der Waals surface area contributed by atoms with Crippen molar-refractivity contribution >= 4 is 17.6 Å². The number of amides is 1. The van der Waals surface area contributed by atoms with E-state index >= 15 is 0 Å². The van der Waals surface area contributed by atoms with Gasteiger partial charge in [-0.05, 0) is 50.2 Å². The summed E-state index contributed by atoms with van der Waals surface area (Å²) in [6.07, 6.45) is -0.185. The summed E-state index contributed by atoms with van der Waals surface area (Å²) in [7, 11) is 0. The largest absolute Gasteiger partial charge is 0.459 e. The molecule has 0 aromatic heterocycles. The Bertz CT molecular complexity index is 1010. The minimum absolute atomic E-state index is 0.161. The Labute approximate surface area is 169 Å². The molecule has 1 heterocycles. The quantitative estimate of drug-likeness (QED) is 0.631. The van der Waals surface area contributed by atoms with E-state index in [4.69, 9.17) is 9.47 Å². The standard InChI is InChI=1S/C24H21NO4/c1-15(2)28-24(27)16-11-13-17(14-12-16)25-23(26)22-18-7-3-5-9-20(18)29-21-10-6-4-8-19(21)22/h3-15,22H,1-2H3,(H,25,26). The Hall–Kier alpha value is -3.60. The number of carbonyl (C=O) groups is 2. The first-order chi connectivity index (χ1) is 14.0. The van der Waals surface area contributed by atoms with Crippen molar-refractivity contribution in [3.05, 3.63) is 89.5 Å². The molecule has 1 N–H and O–H groups in total. The first-order valence-corrected chi connectivity index (χ1v) is 9.50. The van der Waals surface area contributed by atoms with Crippen LogP contribution in [0.25, 0.3) is 0 Å². The highest BCUT2D eigenvalue weighted by Gasteiger charge is 2.32. The summed E-state index contributed by atoms with van der Waals surface area (Å²) in [6, 6.07) is 21.8. The van der Waals surface area contributed by atoms with Crippen molar-refractivity contribution in [2.75, 3.05) is 5.32 Å². The van der Waals surface area contributed by atoms with E-state index in [0.29, 0.717) is 22.7 Å². The molecular formula is C24H21NO4. The number of hydrogen-bond acceptors (Lipinski definition) is 4. The number of hydrogen-bond donors (Lipinski definition) is 1. The Kier molecular flexibility index (Phi) is 5.04. The van der Waals surface area contributed by atoms with Crippen LogP contribution in [0.3, 0.4) is 0 Å². The lowest BCUT2D eigenvalue weighted by molar-refractivity contribution is -0.116. The molecule has 3 aromatic rings. The van der Waals surface area contributed by atoms with Crippen molar-refractivity contribution in [2.45, 2.75) is 25.9 Å². The van der Waals surface area contributed by atoms with Crippen LogP contribution in [-0.4, -0.2) is 18.0 Å². The summed E-state index contributed by atoms with van der Waals surface area (Å²) in [5, 5.41) is 2.95. The Balaban J connectivity index is 1.58. The maximum atomic E-state index is 13.2. The molecule has 0 atom stereocenters. The number of esters is 1. The first kappa shape index (κ1) is 18.7. The van der Waals surface area contributed by atoms with Gasteiger partial charge in [-0.25, -0.2) is 4.79 Å². The number of rotatable bonds is 4. The predicted octanol–water partition coefficient (Wildman–Crippen LogP) is 5.13. The van der Waals surface area contributed by atoms with E-state index in [9.17, 15) is 9.59 Å². The molecule has 5 nitrogen and oxygen atoms in total. The fraction of sp³-hybridized carbons (Fsp3) is 0.167. The van der Waals surface area contributed by atoms with E-state index in [0.717, 1.165) is 11.1 Å². The third-order valence-corrected chi connectivity index (χ3v) is 4.67. The molecule has 1 amide bonds. The summed E-state index contributed by atoms with van der Waals surface area (Å²) < 4.78 is 11.1.